The molecule has 2 aliphatic carbocycles. The first-order valence-electron chi connectivity index (χ1n) is 3.95. The first kappa shape index (κ1) is 5.52. The van der Waals surface area contributed by atoms with Crippen molar-refractivity contribution in [1.82, 2.24) is 0 Å². The van der Waals surface area contributed by atoms with Crippen LogP contribution in [0, 0.1) is 17.3 Å². The zero-order valence-corrected chi connectivity index (χ0v) is 6.22. The van der Waals surface area contributed by atoms with Gasteiger partial charge in [0.05, 0.1) is 0 Å². The van der Waals surface area contributed by atoms with Crippen molar-refractivity contribution in [3.05, 3.63) is 12.2 Å². The number of hydrogen-bond acceptors (Lipinski definition) is 0. The fourth-order valence-electron chi connectivity index (χ4n) is 2.03. The molecule has 0 saturated heterocycles. The first-order chi connectivity index (χ1) is 4.26. The van der Waals surface area contributed by atoms with Gasteiger partial charge in [-0.1, -0.05) is 26.0 Å². The molecule has 0 nitrogen and oxygen atoms in total. The fraction of sp³-hybridized carbons (Fsp3) is 0.778. The van der Waals surface area contributed by atoms with Crippen molar-refractivity contribution < 1.29 is 0 Å². The Labute approximate surface area is 57.0 Å². The van der Waals surface area contributed by atoms with Gasteiger partial charge in [0.25, 0.3) is 0 Å². The number of hydrogen-bond donors (Lipinski definition) is 0. The molecule has 0 radical (unpaired) electrons. The SMILES string of the molecule is CCC1(C)C=CC2CC21. The summed E-state index contributed by atoms with van der Waals surface area (Å²) in [6.07, 6.45) is 7.63. The Hall–Kier alpha value is -0.260. The van der Waals surface area contributed by atoms with Gasteiger partial charge in [0.1, 0.15) is 0 Å². The van der Waals surface area contributed by atoms with Crippen LogP contribution in [0.15, 0.2) is 12.2 Å². The zero-order valence-electron chi connectivity index (χ0n) is 6.22. The third kappa shape index (κ3) is 0.593. The Morgan fingerprint density at radius 1 is 1.67 bits per heavy atom. The molecule has 1 fully saturated rings. The highest BCUT2D eigenvalue weighted by molar-refractivity contribution is 5.21. The van der Waals surface area contributed by atoms with Crippen molar-refractivity contribution in [2.75, 3.05) is 0 Å². The number of rotatable bonds is 1. The van der Waals surface area contributed by atoms with Crippen molar-refractivity contribution in [2.24, 2.45) is 17.3 Å². The summed E-state index contributed by atoms with van der Waals surface area (Å²) < 4.78 is 0. The van der Waals surface area contributed by atoms with Crippen LogP contribution in [0.5, 0.6) is 0 Å². The van der Waals surface area contributed by atoms with Crippen LogP contribution < -0.4 is 0 Å². The van der Waals surface area contributed by atoms with Gasteiger partial charge < -0.3 is 0 Å². The predicted molar refractivity (Wildman–Crippen MR) is 39.1 cm³/mol. The summed E-state index contributed by atoms with van der Waals surface area (Å²) in [6.45, 7) is 4.69. The van der Waals surface area contributed by atoms with Crippen LogP contribution in [0.4, 0.5) is 0 Å². The molecule has 0 amide bonds. The van der Waals surface area contributed by atoms with Crippen LogP contribution in [-0.4, -0.2) is 0 Å². The average Bonchev–Trinajstić information content (AvgIpc) is 2.58. The lowest BCUT2D eigenvalue weighted by Gasteiger charge is -2.20. The highest BCUT2D eigenvalue weighted by atomic mass is 14.5. The predicted octanol–water partition coefficient (Wildman–Crippen LogP) is 2.61. The normalized spacial score (nSPS) is 53.6. The minimum Gasteiger partial charge on any atom is -0.0845 e. The third-order valence-electron chi connectivity index (χ3n) is 3.17. The molecule has 0 heteroatoms. The molecular weight excluding hydrogens is 108 g/mol. The van der Waals surface area contributed by atoms with Gasteiger partial charge in [0.15, 0.2) is 0 Å². The van der Waals surface area contributed by atoms with Gasteiger partial charge in [-0.25, -0.2) is 0 Å². The molecule has 2 rings (SSSR count). The van der Waals surface area contributed by atoms with Crippen LogP contribution in [0.3, 0.4) is 0 Å². The molecule has 0 bridgehead atoms. The topological polar surface area (TPSA) is 0 Å². The van der Waals surface area contributed by atoms with Gasteiger partial charge in [-0.05, 0) is 30.1 Å². The Morgan fingerprint density at radius 2 is 2.44 bits per heavy atom. The second-order valence-electron chi connectivity index (χ2n) is 3.72. The quantitative estimate of drug-likeness (QED) is 0.469. The Balaban J connectivity index is 2.21. The fourth-order valence-corrected chi connectivity index (χ4v) is 2.03. The minimum absolute atomic E-state index is 0.588. The van der Waals surface area contributed by atoms with Crippen molar-refractivity contribution in [3.63, 3.8) is 0 Å². The summed E-state index contributed by atoms with van der Waals surface area (Å²) in [5.74, 6) is 2.01. The number of allylic oxidation sites excluding steroid dienone is 2. The van der Waals surface area contributed by atoms with Gasteiger partial charge in [0.2, 0.25) is 0 Å². The average molecular weight is 122 g/mol. The monoisotopic (exact) mass is 122 g/mol. The van der Waals surface area contributed by atoms with Crippen molar-refractivity contribution in [2.45, 2.75) is 26.7 Å². The summed E-state index contributed by atoms with van der Waals surface area (Å²) >= 11 is 0. The first-order valence-corrected chi connectivity index (χ1v) is 3.95. The standard InChI is InChI=1S/C9H14/c1-3-9(2)5-4-7-6-8(7)9/h4-5,7-8H,3,6H2,1-2H3. The molecule has 3 unspecified atom stereocenters. The van der Waals surface area contributed by atoms with Gasteiger partial charge in [-0.15, -0.1) is 0 Å². The third-order valence-corrected chi connectivity index (χ3v) is 3.17. The van der Waals surface area contributed by atoms with E-state index in [9.17, 15) is 0 Å². The molecule has 0 aromatic carbocycles. The highest BCUT2D eigenvalue weighted by Crippen LogP contribution is 2.58. The smallest absolute Gasteiger partial charge is 0.0115 e. The lowest BCUT2D eigenvalue weighted by molar-refractivity contribution is 0.358. The van der Waals surface area contributed by atoms with Crippen molar-refractivity contribution in [3.8, 4) is 0 Å². The summed E-state index contributed by atoms with van der Waals surface area (Å²) in [5.41, 5.74) is 0.588. The Kier molecular flexibility index (Phi) is 0.870. The van der Waals surface area contributed by atoms with Gasteiger partial charge in [0, 0.05) is 0 Å². The molecule has 2 aliphatic rings. The minimum atomic E-state index is 0.588. The van der Waals surface area contributed by atoms with E-state index in [1.807, 2.05) is 0 Å². The summed E-state index contributed by atoms with van der Waals surface area (Å²) in [4.78, 5) is 0. The highest BCUT2D eigenvalue weighted by Gasteiger charge is 2.50. The summed E-state index contributed by atoms with van der Waals surface area (Å²) in [5, 5.41) is 0. The van der Waals surface area contributed by atoms with Crippen molar-refractivity contribution in [1.29, 1.82) is 0 Å². The van der Waals surface area contributed by atoms with E-state index < -0.39 is 0 Å². The van der Waals surface area contributed by atoms with E-state index in [4.69, 9.17) is 0 Å². The van der Waals surface area contributed by atoms with Crippen LogP contribution in [-0.2, 0) is 0 Å². The molecule has 0 aromatic rings. The Morgan fingerprint density at radius 3 is 2.67 bits per heavy atom. The van der Waals surface area contributed by atoms with E-state index in [-0.39, 0.29) is 0 Å². The largest absolute Gasteiger partial charge is 0.0845 e. The van der Waals surface area contributed by atoms with E-state index in [1.54, 1.807) is 0 Å². The molecule has 0 aromatic heterocycles. The van der Waals surface area contributed by atoms with E-state index in [2.05, 4.69) is 26.0 Å². The molecule has 3 atom stereocenters. The molecule has 50 valence electrons. The van der Waals surface area contributed by atoms with E-state index >= 15 is 0 Å². The zero-order chi connectivity index (χ0) is 6.48. The van der Waals surface area contributed by atoms with E-state index in [0.717, 1.165) is 11.8 Å². The maximum atomic E-state index is 2.42. The number of fused-ring (bicyclic) bond motifs is 1. The molecular formula is C9H14. The summed E-state index contributed by atoms with van der Waals surface area (Å²) in [7, 11) is 0. The molecule has 9 heavy (non-hydrogen) atoms. The van der Waals surface area contributed by atoms with E-state index in [1.165, 1.54) is 12.8 Å². The van der Waals surface area contributed by atoms with Crippen molar-refractivity contribution >= 4 is 0 Å². The van der Waals surface area contributed by atoms with Crippen LogP contribution in [0.25, 0.3) is 0 Å². The van der Waals surface area contributed by atoms with Crippen LogP contribution >= 0.6 is 0 Å². The molecule has 0 heterocycles. The molecule has 1 saturated carbocycles. The second kappa shape index (κ2) is 1.42. The molecule has 0 aliphatic heterocycles. The lowest BCUT2D eigenvalue weighted by atomic mass is 9.84. The second-order valence-corrected chi connectivity index (χ2v) is 3.72. The van der Waals surface area contributed by atoms with Gasteiger partial charge in [-0.2, -0.15) is 0 Å². The Bertz CT molecular complexity index is 157. The summed E-state index contributed by atoms with van der Waals surface area (Å²) in [6, 6.07) is 0. The molecule has 0 spiro atoms. The van der Waals surface area contributed by atoms with Crippen LogP contribution in [0.2, 0.25) is 0 Å². The lowest BCUT2D eigenvalue weighted by Crippen LogP contribution is -2.11. The van der Waals surface area contributed by atoms with Gasteiger partial charge in [-0.3, -0.25) is 0 Å². The maximum absolute atomic E-state index is 2.42. The van der Waals surface area contributed by atoms with Crippen LogP contribution in [0.1, 0.15) is 26.7 Å². The van der Waals surface area contributed by atoms with E-state index in [0.29, 0.717) is 5.41 Å². The van der Waals surface area contributed by atoms with Gasteiger partial charge >= 0.3 is 0 Å². The molecule has 0 N–H and O–H groups in total. The maximum Gasteiger partial charge on any atom is -0.0115 e.